The molecule has 1 heterocycles. The maximum atomic E-state index is 13.4. The second-order valence-corrected chi connectivity index (χ2v) is 6.35. The predicted octanol–water partition coefficient (Wildman–Crippen LogP) is 3.94. The summed E-state index contributed by atoms with van der Waals surface area (Å²) in [6, 6.07) is 10.2. The smallest absolute Gasteiger partial charge is 0.195 e. The first-order valence-corrected chi connectivity index (χ1v) is 8.76. The summed E-state index contributed by atoms with van der Waals surface area (Å²) in [6.45, 7) is 1.73. The molecule has 25 heavy (non-hydrogen) atoms. The van der Waals surface area contributed by atoms with Crippen molar-refractivity contribution in [3.05, 3.63) is 52.3 Å². The van der Waals surface area contributed by atoms with E-state index in [1.807, 2.05) is 18.2 Å². The number of hydrogen-bond acceptors (Lipinski definition) is 3. The van der Waals surface area contributed by atoms with Gasteiger partial charge in [0.2, 0.25) is 0 Å². The van der Waals surface area contributed by atoms with Crippen LogP contribution in [0, 0.1) is 5.82 Å². The van der Waals surface area contributed by atoms with Gasteiger partial charge in [-0.1, -0.05) is 15.9 Å². The highest BCUT2D eigenvalue weighted by atomic mass is 79.9. The molecule has 2 aromatic carbocycles. The molecule has 0 fully saturated rings. The number of anilines is 1. The number of nitrogens with zero attached hydrogens (tertiary/aromatic N) is 1. The molecule has 1 aliphatic rings. The number of hydrogen-bond donors (Lipinski definition) is 2. The van der Waals surface area contributed by atoms with Gasteiger partial charge in [-0.05, 0) is 35.9 Å². The van der Waals surface area contributed by atoms with Gasteiger partial charge in [0, 0.05) is 36.2 Å². The van der Waals surface area contributed by atoms with E-state index < -0.39 is 0 Å². The van der Waals surface area contributed by atoms with Crippen molar-refractivity contribution in [2.45, 2.75) is 13.0 Å². The molecule has 0 amide bonds. The summed E-state index contributed by atoms with van der Waals surface area (Å²) in [5, 5.41) is 6.36. The summed E-state index contributed by atoms with van der Waals surface area (Å²) in [4.78, 5) is 4.19. The molecule has 0 saturated heterocycles. The van der Waals surface area contributed by atoms with Gasteiger partial charge >= 0.3 is 0 Å². The zero-order valence-corrected chi connectivity index (χ0v) is 15.4. The molecular weight excluding hydrogens is 389 g/mol. The van der Waals surface area contributed by atoms with Crippen LogP contribution in [0.15, 0.2) is 45.9 Å². The Morgan fingerprint density at radius 3 is 2.76 bits per heavy atom. The number of aliphatic imine (C=N–C) groups is 1. The Bertz CT molecular complexity index is 783. The van der Waals surface area contributed by atoms with Gasteiger partial charge in [-0.15, -0.1) is 0 Å². The van der Waals surface area contributed by atoms with Crippen LogP contribution in [0.3, 0.4) is 0 Å². The number of benzene rings is 2. The average Bonchev–Trinajstić information content (AvgIpc) is 2.86. The van der Waals surface area contributed by atoms with Gasteiger partial charge in [-0.2, -0.15) is 0 Å². The third-order valence-corrected chi connectivity index (χ3v) is 4.46. The Kier molecular flexibility index (Phi) is 5.75. The first-order chi connectivity index (χ1) is 12.2. The largest absolute Gasteiger partial charge is 0.490 e. The van der Waals surface area contributed by atoms with Crippen LogP contribution in [0.2, 0.25) is 0 Å². The molecule has 0 unspecified atom stereocenters. The van der Waals surface area contributed by atoms with E-state index in [-0.39, 0.29) is 5.82 Å². The second-order valence-electron chi connectivity index (χ2n) is 5.50. The van der Waals surface area contributed by atoms with Gasteiger partial charge in [0.25, 0.3) is 0 Å². The molecule has 0 bridgehead atoms. The molecule has 132 valence electrons. The highest BCUT2D eigenvalue weighted by Crippen LogP contribution is 2.32. The Morgan fingerprint density at radius 2 is 1.96 bits per heavy atom. The number of halogens is 2. The van der Waals surface area contributed by atoms with Crippen LogP contribution in [0.5, 0.6) is 11.5 Å². The van der Waals surface area contributed by atoms with Crippen molar-refractivity contribution in [2.75, 3.05) is 25.6 Å². The van der Waals surface area contributed by atoms with Gasteiger partial charge in [0.1, 0.15) is 5.82 Å². The molecule has 0 saturated carbocycles. The van der Waals surface area contributed by atoms with E-state index in [4.69, 9.17) is 9.47 Å². The van der Waals surface area contributed by atoms with E-state index in [9.17, 15) is 4.39 Å². The second kappa shape index (κ2) is 8.20. The van der Waals surface area contributed by atoms with Crippen LogP contribution < -0.4 is 20.1 Å². The van der Waals surface area contributed by atoms with E-state index in [2.05, 4.69) is 31.6 Å². The molecule has 2 aromatic rings. The highest BCUT2D eigenvalue weighted by molar-refractivity contribution is 9.10. The predicted molar refractivity (Wildman–Crippen MR) is 100.0 cm³/mol. The molecule has 0 atom stereocenters. The van der Waals surface area contributed by atoms with Crippen molar-refractivity contribution in [2.24, 2.45) is 4.99 Å². The van der Waals surface area contributed by atoms with Crippen LogP contribution in [0.1, 0.15) is 12.0 Å². The van der Waals surface area contributed by atoms with E-state index in [0.717, 1.165) is 27.9 Å². The normalized spacial score (nSPS) is 14.0. The number of rotatable bonds is 3. The van der Waals surface area contributed by atoms with Crippen LogP contribution in [-0.4, -0.2) is 26.2 Å². The summed E-state index contributed by atoms with van der Waals surface area (Å²) in [7, 11) is 1.68. The molecule has 7 heteroatoms. The van der Waals surface area contributed by atoms with E-state index in [0.29, 0.717) is 31.5 Å². The lowest BCUT2D eigenvalue weighted by Gasteiger charge is -2.14. The Labute approximate surface area is 154 Å². The maximum absolute atomic E-state index is 13.4. The van der Waals surface area contributed by atoms with Crippen molar-refractivity contribution in [3.8, 4) is 11.5 Å². The number of nitrogens with one attached hydrogen (secondary N) is 2. The quantitative estimate of drug-likeness (QED) is 0.597. The lowest BCUT2D eigenvalue weighted by atomic mass is 10.2. The van der Waals surface area contributed by atoms with Crippen LogP contribution >= 0.6 is 15.9 Å². The molecule has 2 N–H and O–H groups in total. The van der Waals surface area contributed by atoms with Gasteiger partial charge in [-0.25, -0.2) is 4.39 Å². The van der Waals surface area contributed by atoms with Crippen LogP contribution in [0.25, 0.3) is 0 Å². The van der Waals surface area contributed by atoms with Gasteiger partial charge < -0.3 is 20.1 Å². The monoisotopic (exact) mass is 407 g/mol. The highest BCUT2D eigenvalue weighted by Gasteiger charge is 2.11. The average molecular weight is 408 g/mol. The summed E-state index contributed by atoms with van der Waals surface area (Å²) < 4.78 is 25.5. The summed E-state index contributed by atoms with van der Waals surface area (Å²) in [6.07, 6.45) is 0.864. The fourth-order valence-corrected chi connectivity index (χ4v) is 2.80. The van der Waals surface area contributed by atoms with E-state index in [1.165, 1.54) is 12.1 Å². The van der Waals surface area contributed by atoms with Gasteiger partial charge in [-0.3, -0.25) is 4.99 Å². The minimum atomic E-state index is -0.272. The van der Waals surface area contributed by atoms with Crippen LogP contribution in [-0.2, 0) is 6.54 Å². The number of guanidine groups is 1. The van der Waals surface area contributed by atoms with E-state index in [1.54, 1.807) is 13.1 Å². The zero-order valence-electron chi connectivity index (χ0n) is 13.8. The Balaban J connectivity index is 1.66. The number of ether oxygens (including phenoxy) is 2. The van der Waals surface area contributed by atoms with E-state index >= 15 is 0 Å². The summed E-state index contributed by atoms with van der Waals surface area (Å²) in [5.41, 5.74) is 1.64. The SMILES string of the molecule is CN=C(NCc1cc(F)ccc1Br)Nc1ccc2c(c1)OCCCO2. The fourth-order valence-electron chi connectivity index (χ4n) is 2.41. The molecule has 1 aliphatic heterocycles. The van der Waals surface area contributed by atoms with Crippen molar-refractivity contribution >= 4 is 27.6 Å². The lowest BCUT2D eigenvalue weighted by molar-refractivity contribution is 0.297. The minimum absolute atomic E-state index is 0.272. The molecule has 3 rings (SSSR count). The standard InChI is InChI=1S/C18H19BrFN3O2/c1-21-18(22-11-12-9-13(20)3-5-15(12)19)23-14-4-6-16-17(10-14)25-8-2-7-24-16/h3-6,9-10H,2,7-8,11H2,1H3,(H2,21,22,23). The number of fused-ring (bicyclic) bond motifs is 1. The summed E-state index contributed by atoms with van der Waals surface area (Å²) in [5.74, 6) is 1.76. The van der Waals surface area contributed by atoms with Crippen molar-refractivity contribution < 1.29 is 13.9 Å². The molecule has 0 aliphatic carbocycles. The third kappa shape index (κ3) is 4.63. The van der Waals surface area contributed by atoms with Gasteiger partial charge in [0.05, 0.1) is 13.2 Å². The first-order valence-electron chi connectivity index (χ1n) is 7.97. The van der Waals surface area contributed by atoms with Gasteiger partial charge in [0.15, 0.2) is 17.5 Å². The minimum Gasteiger partial charge on any atom is -0.490 e. The topological polar surface area (TPSA) is 54.9 Å². The zero-order chi connectivity index (χ0) is 17.6. The molecule has 0 spiro atoms. The molecule has 0 aromatic heterocycles. The van der Waals surface area contributed by atoms with Crippen molar-refractivity contribution in [1.29, 1.82) is 0 Å². The van der Waals surface area contributed by atoms with Crippen LogP contribution in [0.4, 0.5) is 10.1 Å². The van der Waals surface area contributed by atoms with Crippen molar-refractivity contribution in [1.82, 2.24) is 5.32 Å². The van der Waals surface area contributed by atoms with Crippen molar-refractivity contribution in [3.63, 3.8) is 0 Å². The molecular formula is C18H19BrFN3O2. The lowest BCUT2D eigenvalue weighted by Crippen LogP contribution is -2.30. The maximum Gasteiger partial charge on any atom is 0.195 e. The molecule has 5 nitrogen and oxygen atoms in total. The Hall–Kier alpha value is -2.28. The fraction of sp³-hybridized carbons (Fsp3) is 0.278. The molecule has 0 radical (unpaired) electrons. The third-order valence-electron chi connectivity index (χ3n) is 3.69. The summed E-state index contributed by atoms with van der Waals surface area (Å²) >= 11 is 3.42. The Morgan fingerprint density at radius 1 is 1.16 bits per heavy atom. The first kappa shape index (κ1) is 17.5.